The molecule has 1 aromatic carbocycles. The minimum atomic E-state index is -0.495. The lowest BCUT2D eigenvalue weighted by Crippen LogP contribution is -2.31. The summed E-state index contributed by atoms with van der Waals surface area (Å²) in [6, 6.07) is 14.7. The average molecular weight is 336 g/mol. The second-order valence-electron chi connectivity index (χ2n) is 5.51. The Bertz CT molecular complexity index is 860. The molecule has 3 rings (SSSR count). The predicted octanol–water partition coefficient (Wildman–Crippen LogP) is 4.07. The zero-order valence-corrected chi connectivity index (χ0v) is 13.7. The molecular weight excluding hydrogens is 319 g/mol. The van der Waals surface area contributed by atoms with Gasteiger partial charge in [-0.3, -0.25) is 9.78 Å². The van der Waals surface area contributed by atoms with Crippen LogP contribution in [0.2, 0.25) is 0 Å². The molecule has 126 valence electrons. The molecular formula is C20H17FN2O2. The molecule has 25 heavy (non-hydrogen) atoms. The number of hydrogen-bond acceptors (Lipinski definition) is 3. The Kier molecular flexibility index (Phi) is 5.04. The van der Waals surface area contributed by atoms with E-state index in [1.165, 1.54) is 29.4 Å². The van der Waals surface area contributed by atoms with E-state index in [1.807, 2.05) is 12.1 Å². The summed E-state index contributed by atoms with van der Waals surface area (Å²) < 4.78 is 18.9. The summed E-state index contributed by atoms with van der Waals surface area (Å²) in [4.78, 5) is 18.5. The number of nitrogens with zero attached hydrogens (tertiary/aromatic N) is 2. The minimum Gasteiger partial charge on any atom is -0.465 e. The van der Waals surface area contributed by atoms with Crippen LogP contribution in [-0.4, -0.2) is 22.8 Å². The molecule has 2 heterocycles. The maximum Gasteiger partial charge on any atom is 0.247 e. The van der Waals surface area contributed by atoms with E-state index in [4.69, 9.17) is 4.42 Å². The molecule has 1 amide bonds. The van der Waals surface area contributed by atoms with Crippen LogP contribution in [0, 0.1) is 5.82 Å². The summed E-state index contributed by atoms with van der Waals surface area (Å²) in [7, 11) is 1.67. The summed E-state index contributed by atoms with van der Waals surface area (Å²) in [5.41, 5.74) is 1.32. The molecule has 1 atom stereocenters. The van der Waals surface area contributed by atoms with Gasteiger partial charge in [-0.15, -0.1) is 0 Å². The van der Waals surface area contributed by atoms with Gasteiger partial charge in [0.05, 0.1) is 18.0 Å². The van der Waals surface area contributed by atoms with Gasteiger partial charge in [-0.2, -0.15) is 0 Å². The normalized spacial score (nSPS) is 12.2. The molecule has 1 unspecified atom stereocenters. The number of hydrogen-bond donors (Lipinski definition) is 0. The molecule has 0 aliphatic heterocycles. The van der Waals surface area contributed by atoms with E-state index in [0.29, 0.717) is 17.0 Å². The summed E-state index contributed by atoms with van der Waals surface area (Å²) in [5, 5.41) is 0. The minimum absolute atomic E-state index is 0.240. The third-order valence-electron chi connectivity index (χ3n) is 3.80. The van der Waals surface area contributed by atoms with E-state index >= 15 is 0 Å². The molecule has 0 aliphatic rings. The van der Waals surface area contributed by atoms with Gasteiger partial charge in [0.2, 0.25) is 5.91 Å². The molecule has 0 saturated heterocycles. The van der Waals surface area contributed by atoms with Crippen molar-refractivity contribution in [3.63, 3.8) is 0 Å². The molecule has 0 spiro atoms. The Balaban J connectivity index is 1.92. The maximum atomic E-state index is 13.7. The number of carbonyl (C=O) groups is 1. The monoisotopic (exact) mass is 336 g/mol. The SMILES string of the molecule is CN(C(=O)/C=C/c1ccco1)C(c1cccc(F)c1)c1ccccn1. The average Bonchev–Trinajstić information content (AvgIpc) is 3.14. The van der Waals surface area contributed by atoms with Gasteiger partial charge in [0.1, 0.15) is 11.6 Å². The molecule has 0 aliphatic carbocycles. The van der Waals surface area contributed by atoms with Crippen molar-refractivity contribution in [2.75, 3.05) is 7.05 Å². The lowest BCUT2D eigenvalue weighted by molar-refractivity contribution is -0.126. The molecule has 4 nitrogen and oxygen atoms in total. The van der Waals surface area contributed by atoms with E-state index < -0.39 is 6.04 Å². The Morgan fingerprint density at radius 3 is 2.76 bits per heavy atom. The number of likely N-dealkylation sites (N-methyl/N-ethyl adjacent to an activating group) is 1. The first-order valence-electron chi connectivity index (χ1n) is 7.80. The van der Waals surface area contributed by atoms with E-state index in [1.54, 1.807) is 49.7 Å². The summed E-state index contributed by atoms with van der Waals surface area (Å²) in [6.07, 6.45) is 6.21. The molecule has 0 saturated carbocycles. The number of amides is 1. The Morgan fingerprint density at radius 2 is 2.08 bits per heavy atom. The fourth-order valence-corrected chi connectivity index (χ4v) is 2.59. The maximum absolute atomic E-state index is 13.7. The number of carbonyl (C=O) groups excluding carboxylic acids is 1. The van der Waals surface area contributed by atoms with Crippen LogP contribution in [0.1, 0.15) is 23.1 Å². The van der Waals surface area contributed by atoms with Crippen LogP contribution in [0.5, 0.6) is 0 Å². The van der Waals surface area contributed by atoms with Crippen LogP contribution in [0.15, 0.2) is 77.6 Å². The van der Waals surface area contributed by atoms with Gasteiger partial charge >= 0.3 is 0 Å². The molecule has 0 radical (unpaired) electrons. The number of halogens is 1. The highest BCUT2D eigenvalue weighted by atomic mass is 19.1. The van der Waals surface area contributed by atoms with E-state index in [0.717, 1.165) is 0 Å². The van der Waals surface area contributed by atoms with Crippen molar-refractivity contribution in [3.05, 3.63) is 96.0 Å². The van der Waals surface area contributed by atoms with E-state index in [2.05, 4.69) is 4.98 Å². The van der Waals surface area contributed by atoms with Crippen LogP contribution >= 0.6 is 0 Å². The quantitative estimate of drug-likeness (QED) is 0.660. The zero-order valence-electron chi connectivity index (χ0n) is 13.7. The van der Waals surface area contributed by atoms with Crippen LogP contribution in [0.4, 0.5) is 4.39 Å². The summed E-state index contributed by atoms with van der Waals surface area (Å²) in [5.74, 6) is -0.0105. The van der Waals surface area contributed by atoms with Gasteiger partial charge in [-0.25, -0.2) is 4.39 Å². The van der Waals surface area contributed by atoms with Crippen molar-refractivity contribution in [2.24, 2.45) is 0 Å². The van der Waals surface area contributed by atoms with Gasteiger partial charge < -0.3 is 9.32 Å². The van der Waals surface area contributed by atoms with Gasteiger partial charge in [0.25, 0.3) is 0 Å². The van der Waals surface area contributed by atoms with Crippen molar-refractivity contribution in [1.29, 1.82) is 0 Å². The number of benzene rings is 1. The standard InChI is InChI=1S/C20H17FN2O2/c1-23(19(24)11-10-17-8-5-13-25-17)20(18-9-2-3-12-22-18)15-6-4-7-16(21)14-15/h2-14,20H,1H3/b11-10+. The van der Waals surface area contributed by atoms with Crippen molar-refractivity contribution in [1.82, 2.24) is 9.88 Å². The number of aromatic nitrogens is 1. The van der Waals surface area contributed by atoms with Crippen LogP contribution in [0.25, 0.3) is 6.08 Å². The second kappa shape index (κ2) is 7.57. The highest BCUT2D eigenvalue weighted by Gasteiger charge is 2.23. The summed E-state index contributed by atoms with van der Waals surface area (Å²) >= 11 is 0. The first-order chi connectivity index (χ1) is 12.1. The van der Waals surface area contributed by atoms with Crippen LogP contribution in [0.3, 0.4) is 0 Å². The topological polar surface area (TPSA) is 46.3 Å². The summed E-state index contributed by atoms with van der Waals surface area (Å²) in [6.45, 7) is 0. The highest BCUT2D eigenvalue weighted by Crippen LogP contribution is 2.27. The van der Waals surface area contributed by atoms with Gasteiger partial charge in [-0.1, -0.05) is 18.2 Å². The predicted molar refractivity (Wildman–Crippen MR) is 93.0 cm³/mol. The number of rotatable bonds is 5. The van der Waals surface area contributed by atoms with Crippen molar-refractivity contribution >= 4 is 12.0 Å². The van der Waals surface area contributed by atoms with Gasteiger partial charge in [-0.05, 0) is 48.0 Å². The van der Waals surface area contributed by atoms with Crippen molar-refractivity contribution < 1.29 is 13.6 Å². The van der Waals surface area contributed by atoms with Crippen molar-refractivity contribution in [2.45, 2.75) is 6.04 Å². The molecule has 3 aromatic rings. The third-order valence-corrected chi connectivity index (χ3v) is 3.80. The van der Waals surface area contributed by atoms with E-state index in [9.17, 15) is 9.18 Å². The lowest BCUT2D eigenvalue weighted by Gasteiger charge is -2.27. The van der Waals surface area contributed by atoms with Crippen LogP contribution in [-0.2, 0) is 4.79 Å². The fraction of sp³-hybridized carbons (Fsp3) is 0.100. The zero-order chi connectivity index (χ0) is 17.6. The first-order valence-corrected chi connectivity index (χ1v) is 7.80. The number of furan rings is 1. The Labute approximate surface area is 145 Å². The lowest BCUT2D eigenvalue weighted by atomic mass is 10.0. The van der Waals surface area contributed by atoms with Crippen LogP contribution < -0.4 is 0 Å². The highest BCUT2D eigenvalue weighted by molar-refractivity contribution is 5.91. The number of pyridine rings is 1. The van der Waals surface area contributed by atoms with Gasteiger partial charge in [0, 0.05) is 19.3 Å². The molecule has 0 bridgehead atoms. The van der Waals surface area contributed by atoms with Crippen molar-refractivity contribution in [3.8, 4) is 0 Å². The fourth-order valence-electron chi connectivity index (χ4n) is 2.59. The molecule has 0 fully saturated rings. The Hall–Kier alpha value is -3.21. The second-order valence-corrected chi connectivity index (χ2v) is 5.51. The molecule has 2 aromatic heterocycles. The Morgan fingerprint density at radius 1 is 1.20 bits per heavy atom. The van der Waals surface area contributed by atoms with Gasteiger partial charge in [0.15, 0.2) is 0 Å². The first kappa shape index (κ1) is 16.6. The van der Waals surface area contributed by atoms with E-state index in [-0.39, 0.29) is 11.7 Å². The molecule has 0 N–H and O–H groups in total. The smallest absolute Gasteiger partial charge is 0.247 e. The third kappa shape index (κ3) is 4.01. The molecule has 5 heteroatoms. The largest absolute Gasteiger partial charge is 0.465 e.